The predicted octanol–water partition coefficient (Wildman–Crippen LogP) is 2.94. The molecular formula is C20H14F3N5O. The van der Waals surface area contributed by atoms with Crippen molar-refractivity contribution >= 4 is 17.4 Å². The zero-order valence-electron chi connectivity index (χ0n) is 14.9. The van der Waals surface area contributed by atoms with Crippen LogP contribution in [0.1, 0.15) is 27.2 Å². The van der Waals surface area contributed by atoms with E-state index >= 15 is 0 Å². The van der Waals surface area contributed by atoms with Crippen LogP contribution < -0.4 is 10.6 Å². The highest BCUT2D eigenvalue weighted by molar-refractivity contribution is 6.07. The van der Waals surface area contributed by atoms with Crippen molar-refractivity contribution in [3.05, 3.63) is 71.2 Å². The molecule has 29 heavy (non-hydrogen) atoms. The number of hydrogen-bond acceptors (Lipinski definition) is 4. The first-order valence-corrected chi connectivity index (χ1v) is 8.61. The average molecular weight is 397 g/mol. The Kier molecular flexibility index (Phi) is 4.47. The van der Waals surface area contributed by atoms with Gasteiger partial charge in [-0.2, -0.15) is 18.3 Å². The Balaban J connectivity index is 1.62. The van der Waals surface area contributed by atoms with Crippen LogP contribution in [0.25, 0.3) is 0 Å². The second-order valence-electron chi connectivity index (χ2n) is 6.35. The smallest absolute Gasteiger partial charge is 0.384 e. The molecule has 4 rings (SSSR count). The Labute approximate surface area is 163 Å². The zero-order chi connectivity index (χ0) is 20.6. The zero-order valence-corrected chi connectivity index (χ0v) is 14.9. The summed E-state index contributed by atoms with van der Waals surface area (Å²) in [5.41, 5.74) is 6.53. The number of amides is 1. The van der Waals surface area contributed by atoms with E-state index in [2.05, 4.69) is 21.9 Å². The molecule has 0 atom stereocenters. The Hall–Kier alpha value is -3.80. The Morgan fingerprint density at radius 3 is 2.41 bits per heavy atom. The van der Waals surface area contributed by atoms with E-state index in [0.717, 1.165) is 12.1 Å². The summed E-state index contributed by atoms with van der Waals surface area (Å²) in [6.45, 7) is 0.709. The third kappa shape index (κ3) is 3.65. The van der Waals surface area contributed by atoms with E-state index in [1.165, 1.54) is 29.4 Å². The molecule has 0 bridgehead atoms. The maximum absolute atomic E-state index is 13.0. The van der Waals surface area contributed by atoms with Crippen LogP contribution in [0.3, 0.4) is 0 Å². The van der Waals surface area contributed by atoms with Crippen molar-refractivity contribution < 1.29 is 18.0 Å². The highest BCUT2D eigenvalue weighted by Crippen LogP contribution is 2.31. The van der Waals surface area contributed by atoms with E-state index < -0.39 is 11.7 Å². The van der Waals surface area contributed by atoms with Crippen molar-refractivity contribution in [2.24, 2.45) is 0 Å². The van der Waals surface area contributed by atoms with Crippen molar-refractivity contribution in [1.82, 2.24) is 14.8 Å². The van der Waals surface area contributed by atoms with Crippen LogP contribution in [0.2, 0.25) is 0 Å². The molecule has 1 aliphatic heterocycles. The van der Waals surface area contributed by atoms with E-state index in [4.69, 9.17) is 5.73 Å². The molecule has 0 saturated heterocycles. The molecule has 0 radical (unpaired) electrons. The highest BCUT2D eigenvalue weighted by Gasteiger charge is 2.32. The summed E-state index contributed by atoms with van der Waals surface area (Å²) in [7, 11) is 0. The van der Waals surface area contributed by atoms with Crippen LogP contribution in [0, 0.1) is 11.8 Å². The number of nitrogen functional groups attached to an aromatic ring is 1. The molecule has 2 N–H and O–H groups in total. The van der Waals surface area contributed by atoms with Crippen molar-refractivity contribution in [3.63, 3.8) is 0 Å². The van der Waals surface area contributed by atoms with E-state index in [1.54, 1.807) is 16.8 Å². The third-order valence-corrected chi connectivity index (χ3v) is 4.46. The second kappa shape index (κ2) is 6.98. The SMILES string of the molecule is Nc1ccc(C#Cc2cnn3c2C(=O)N(c2ccc(C(F)(F)F)cc2)CC3)cn1. The van der Waals surface area contributed by atoms with Gasteiger partial charge in [-0.1, -0.05) is 11.8 Å². The molecule has 1 amide bonds. The number of anilines is 2. The molecule has 1 aliphatic rings. The highest BCUT2D eigenvalue weighted by atomic mass is 19.4. The van der Waals surface area contributed by atoms with Gasteiger partial charge in [0, 0.05) is 24.0 Å². The summed E-state index contributed by atoms with van der Waals surface area (Å²) in [5, 5.41) is 4.19. The Morgan fingerprint density at radius 2 is 1.76 bits per heavy atom. The summed E-state index contributed by atoms with van der Waals surface area (Å²) >= 11 is 0. The summed E-state index contributed by atoms with van der Waals surface area (Å²) < 4.78 is 39.9. The van der Waals surface area contributed by atoms with Crippen LogP contribution in [-0.2, 0) is 12.7 Å². The fourth-order valence-electron chi connectivity index (χ4n) is 2.99. The number of rotatable bonds is 1. The molecule has 0 aliphatic carbocycles. The lowest BCUT2D eigenvalue weighted by molar-refractivity contribution is -0.137. The van der Waals surface area contributed by atoms with Gasteiger partial charge in [0.25, 0.3) is 5.91 Å². The van der Waals surface area contributed by atoms with Crippen molar-refractivity contribution in [2.75, 3.05) is 17.2 Å². The lowest BCUT2D eigenvalue weighted by atomic mass is 10.1. The first-order valence-electron chi connectivity index (χ1n) is 8.61. The molecule has 6 nitrogen and oxygen atoms in total. The minimum absolute atomic E-state index is 0.298. The van der Waals surface area contributed by atoms with Gasteiger partial charge < -0.3 is 10.6 Å². The number of pyridine rings is 1. The summed E-state index contributed by atoms with van der Waals surface area (Å²) in [6, 6.07) is 7.83. The van der Waals surface area contributed by atoms with Crippen LogP contribution in [0.5, 0.6) is 0 Å². The largest absolute Gasteiger partial charge is 0.416 e. The maximum atomic E-state index is 13.0. The Bertz CT molecular complexity index is 1120. The molecular weight excluding hydrogens is 383 g/mol. The van der Waals surface area contributed by atoms with E-state index in [1.807, 2.05) is 0 Å². The van der Waals surface area contributed by atoms with Gasteiger partial charge in [0.15, 0.2) is 0 Å². The number of alkyl halides is 3. The van der Waals surface area contributed by atoms with Crippen molar-refractivity contribution in [2.45, 2.75) is 12.7 Å². The van der Waals surface area contributed by atoms with Gasteiger partial charge >= 0.3 is 6.18 Å². The van der Waals surface area contributed by atoms with E-state index in [9.17, 15) is 18.0 Å². The number of halogens is 3. The minimum Gasteiger partial charge on any atom is -0.384 e. The first kappa shape index (κ1) is 18.6. The quantitative estimate of drug-likeness (QED) is 0.641. The molecule has 9 heteroatoms. The van der Waals surface area contributed by atoms with E-state index in [-0.39, 0.29) is 5.91 Å². The molecule has 3 aromatic rings. The number of carbonyl (C=O) groups is 1. The minimum atomic E-state index is -4.43. The molecule has 3 heterocycles. The summed E-state index contributed by atoms with van der Waals surface area (Å²) in [5.74, 6) is 5.82. The predicted molar refractivity (Wildman–Crippen MR) is 100.0 cm³/mol. The first-order chi connectivity index (χ1) is 13.8. The molecule has 2 aromatic heterocycles. The molecule has 0 spiro atoms. The molecule has 1 aromatic carbocycles. The maximum Gasteiger partial charge on any atom is 0.416 e. The number of aromatic nitrogens is 3. The van der Waals surface area contributed by atoms with Gasteiger partial charge in [-0.15, -0.1) is 0 Å². The lowest BCUT2D eigenvalue weighted by Gasteiger charge is -2.28. The van der Waals surface area contributed by atoms with E-state index in [0.29, 0.717) is 41.4 Å². The van der Waals surface area contributed by atoms with Crippen LogP contribution in [-0.4, -0.2) is 27.2 Å². The number of nitrogens with zero attached hydrogens (tertiary/aromatic N) is 4. The molecule has 0 fully saturated rings. The van der Waals surface area contributed by atoms with Gasteiger partial charge in [0.05, 0.1) is 23.9 Å². The monoisotopic (exact) mass is 397 g/mol. The topological polar surface area (TPSA) is 77.0 Å². The van der Waals surface area contributed by atoms with Gasteiger partial charge in [-0.3, -0.25) is 9.48 Å². The molecule has 146 valence electrons. The number of hydrogen-bond donors (Lipinski definition) is 1. The standard InChI is InChI=1S/C20H14F3N5O/c21-20(22,23)15-4-6-16(7-5-15)27-9-10-28-18(19(27)29)14(12-26-28)3-1-13-2-8-17(24)25-11-13/h2,4-8,11-12H,9-10H2,(H2,24,25). The second-order valence-corrected chi connectivity index (χ2v) is 6.35. The van der Waals surface area contributed by atoms with Crippen LogP contribution in [0.4, 0.5) is 24.7 Å². The van der Waals surface area contributed by atoms with Crippen LogP contribution >= 0.6 is 0 Å². The average Bonchev–Trinajstić information content (AvgIpc) is 3.11. The number of benzene rings is 1. The number of carbonyl (C=O) groups excluding carboxylic acids is 1. The molecule has 0 saturated carbocycles. The number of nitrogens with two attached hydrogens (primary N) is 1. The van der Waals surface area contributed by atoms with Gasteiger partial charge in [-0.25, -0.2) is 4.98 Å². The van der Waals surface area contributed by atoms with Crippen molar-refractivity contribution in [3.8, 4) is 11.8 Å². The third-order valence-electron chi connectivity index (χ3n) is 4.46. The summed E-state index contributed by atoms with van der Waals surface area (Å²) in [6.07, 6.45) is -1.40. The van der Waals surface area contributed by atoms with Gasteiger partial charge in [-0.05, 0) is 36.4 Å². The van der Waals surface area contributed by atoms with Gasteiger partial charge in [0.2, 0.25) is 0 Å². The van der Waals surface area contributed by atoms with Crippen molar-refractivity contribution in [1.29, 1.82) is 0 Å². The molecule has 0 unspecified atom stereocenters. The fourth-order valence-corrected chi connectivity index (χ4v) is 2.99. The lowest BCUT2D eigenvalue weighted by Crippen LogP contribution is -2.41. The van der Waals surface area contributed by atoms with Gasteiger partial charge in [0.1, 0.15) is 11.5 Å². The summed E-state index contributed by atoms with van der Waals surface area (Å²) in [4.78, 5) is 18.4. The van der Waals surface area contributed by atoms with Crippen LogP contribution in [0.15, 0.2) is 48.8 Å². The fraction of sp³-hybridized carbons (Fsp3) is 0.150. The Morgan fingerprint density at radius 1 is 1.00 bits per heavy atom. The number of fused-ring (bicyclic) bond motifs is 1. The normalized spacial score (nSPS) is 13.6.